The zero-order valence-corrected chi connectivity index (χ0v) is 17.9. The number of pyridine rings is 1. The fraction of sp³-hybridized carbons (Fsp3) is 0.143. The molecule has 0 saturated carbocycles. The summed E-state index contributed by atoms with van der Waals surface area (Å²) in [6, 6.07) is 12.4. The summed E-state index contributed by atoms with van der Waals surface area (Å²) in [7, 11) is -1.06. The van der Waals surface area contributed by atoms with E-state index in [1.54, 1.807) is 25.3 Å². The van der Waals surface area contributed by atoms with Crippen molar-refractivity contribution in [3.05, 3.63) is 65.9 Å². The first-order valence-electron chi connectivity index (χ1n) is 9.02. The van der Waals surface area contributed by atoms with Gasteiger partial charge in [-0.25, -0.2) is 18.5 Å². The van der Waals surface area contributed by atoms with Crippen molar-refractivity contribution in [2.24, 2.45) is 5.14 Å². The number of aromatic nitrogens is 1. The summed E-state index contributed by atoms with van der Waals surface area (Å²) in [5.74, 6) is 0.985. The van der Waals surface area contributed by atoms with E-state index < -0.39 is 15.9 Å². The van der Waals surface area contributed by atoms with Crippen LogP contribution >= 0.6 is 0 Å². The number of primary sulfonamides is 1. The van der Waals surface area contributed by atoms with Gasteiger partial charge in [-0.2, -0.15) is 0 Å². The molecule has 0 spiro atoms. The fourth-order valence-electron chi connectivity index (χ4n) is 2.73. The zero-order chi connectivity index (χ0) is 22.6. The lowest BCUT2D eigenvalue weighted by Gasteiger charge is -2.12. The first-order chi connectivity index (χ1) is 14.7. The molecule has 31 heavy (non-hydrogen) atoms. The standard InChI is InChI=1S/C21H21N3O6S/c1-13-4-7-18(19(10-13)29-3)30-20-9-5-14(12-23-20)24-21(25)16-11-15(31(22,26)27)6-8-17(16)28-2/h4-12H,1-3H3,(H,24,25)(H2,22,26,27). The van der Waals surface area contributed by atoms with Gasteiger partial charge in [-0.3, -0.25) is 4.79 Å². The Morgan fingerprint density at radius 1 is 0.968 bits per heavy atom. The average molecular weight is 443 g/mol. The Balaban J connectivity index is 1.78. The normalized spacial score (nSPS) is 11.0. The van der Waals surface area contributed by atoms with Crippen molar-refractivity contribution >= 4 is 21.6 Å². The van der Waals surface area contributed by atoms with Crippen LogP contribution in [0.25, 0.3) is 0 Å². The molecule has 2 aromatic carbocycles. The maximum Gasteiger partial charge on any atom is 0.259 e. The number of anilines is 1. The van der Waals surface area contributed by atoms with Crippen LogP contribution < -0.4 is 24.7 Å². The van der Waals surface area contributed by atoms with Crippen LogP contribution in [0.3, 0.4) is 0 Å². The minimum atomic E-state index is -3.98. The van der Waals surface area contributed by atoms with E-state index in [0.29, 0.717) is 23.1 Å². The third-order valence-electron chi connectivity index (χ3n) is 4.27. The summed E-state index contributed by atoms with van der Waals surface area (Å²) >= 11 is 0. The number of carbonyl (C=O) groups is 1. The minimum Gasteiger partial charge on any atom is -0.496 e. The van der Waals surface area contributed by atoms with Gasteiger partial charge in [0.15, 0.2) is 11.5 Å². The second kappa shape index (κ2) is 9.02. The van der Waals surface area contributed by atoms with E-state index in [4.69, 9.17) is 19.3 Å². The molecular weight excluding hydrogens is 422 g/mol. The number of nitrogens with two attached hydrogens (primary N) is 1. The molecule has 3 aromatic rings. The average Bonchev–Trinajstić information content (AvgIpc) is 2.75. The lowest BCUT2D eigenvalue weighted by molar-refractivity contribution is 0.102. The summed E-state index contributed by atoms with van der Waals surface area (Å²) < 4.78 is 39.4. The Labute approximate surface area is 179 Å². The van der Waals surface area contributed by atoms with Crippen LogP contribution in [0.2, 0.25) is 0 Å². The number of carbonyl (C=O) groups excluding carboxylic acids is 1. The monoisotopic (exact) mass is 443 g/mol. The van der Waals surface area contributed by atoms with Crippen LogP contribution in [-0.4, -0.2) is 33.5 Å². The van der Waals surface area contributed by atoms with E-state index in [1.807, 2.05) is 19.1 Å². The highest BCUT2D eigenvalue weighted by molar-refractivity contribution is 7.89. The Kier molecular flexibility index (Phi) is 6.42. The molecular formula is C21H21N3O6S. The van der Waals surface area contributed by atoms with E-state index in [0.717, 1.165) is 11.6 Å². The SMILES string of the molecule is COc1cc(C)ccc1Oc1ccc(NC(=O)c2cc(S(N)(=O)=O)ccc2OC)cn1. The number of nitrogens with one attached hydrogen (secondary N) is 1. The number of hydrogen-bond acceptors (Lipinski definition) is 7. The van der Waals surface area contributed by atoms with Crippen molar-refractivity contribution < 1.29 is 27.4 Å². The Bertz CT molecular complexity index is 1210. The molecule has 1 aromatic heterocycles. The lowest BCUT2D eigenvalue weighted by Crippen LogP contribution is -2.16. The summed E-state index contributed by atoms with van der Waals surface area (Å²) in [6.07, 6.45) is 1.41. The van der Waals surface area contributed by atoms with Gasteiger partial charge in [-0.1, -0.05) is 6.07 Å². The van der Waals surface area contributed by atoms with Gasteiger partial charge in [-0.05, 0) is 48.9 Å². The van der Waals surface area contributed by atoms with E-state index in [2.05, 4.69) is 10.3 Å². The zero-order valence-electron chi connectivity index (χ0n) is 17.1. The quantitative estimate of drug-likeness (QED) is 0.574. The van der Waals surface area contributed by atoms with Gasteiger partial charge in [0, 0.05) is 6.07 Å². The maximum atomic E-state index is 12.7. The smallest absolute Gasteiger partial charge is 0.259 e. The molecule has 3 N–H and O–H groups in total. The highest BCUT2D eigenvalue weighted by atomic mass is 32.2. The molecule has 0 fully saturated rings. The minimum absolute atomic E-state index is 0.0127. The first kappa shape index (κ1) is 22.1. The number of rotatable bonds is 7. The second-order valence-corrected chi connectivity index (χ2v) is 8.06. The van der Waals surface area contributed by atoms with Crippen molar-refractivity contribution in [2.45, 2.75) is 11.8 Å². The number of hydrogen-bond donors (Lipinski definition) is 2. The Morgan fingerprint density at radius 3 is 2.29 bits per heavy atom. The molecule has 0 aliphatic carbocycles. The van der Waals surface area contributed by atoms with Crippen molar-refractivity contribution in [1.82, 2.24) is 4.98 Å². The molecule has 0 radical (unpaired) electrons. The third kappa shape index (κ3) is 5.30. The molecule has 0 bridgehead atoms. The molecule has 3 rings (SSSR count). The fourth-order valence-corrected chi connectivity index (χ4v) is 3.27. The molecule has 0 atom stereocenters. The molecule has 0 saturated heterocycles. The van der Waals surface area contributed by atoms with E-state index >= 15 is 0 Å². The van der Waals surface area contributed by atoms with Crippen LogP contribution in [0.15, 0.2) is 59.6 Å². The number of ether oxygens (including phenoxy) is 3. The number of benzene rings is 2. The summed E-state index contributed by atoms with van der Waals surface area (Å²) in [5.41, 5.74) is 1.41. The Hall–Kier alpha value is -3.63. The van der Waals surface area contributed by atoms with Crippen molar-refractivity contribution in [3.8, 4) is 23.1 Å². The number of methoxy groups -OCH3 is 2. The van der Waals surface area contributed by atoms with E-state index in [1.165, 1.54) is 25.4 Å². The highest BCUT2D eigenvalue weighted by Gasteiger charge is 2.18. The van der Waals surface area contributed by atoms with Gasteiger partial charge in [0.05, 0.1) is 36.6 Å². The number of sulfonamides is 1. The largest absolute Gasteiger partial charge is 0.496 e. The molecule has 0 aliphatic heterocycles. The number of amides is 1. The van der Waals surface area contributed by atoms with Gasteiger partial charge in [0.25, 0.3) is 5.91 Å². The molecule has 1 heterocycles. The topological polar surface area (TPSA) is 130 Å². The van der Waals surface area contributed by atoms with Crippen LogP contribution in [-0.2, 0) is 10.0 Å². The van der Waals surface area contributed by atoms with Crippen LogP contribution in [0.5, 0.6) is 23.1 Å². The van der Waals surface area contributed by atoms with Gasteiger partial charge in [0.2, 0.25) is 15.9 Å². The molecule has 0 unspecified atom stereocenters. The summed E-state index contributed by atoms with van der Waals surface area (Å²) in [5, 5.41) is 7.78. The predicted octanol–water partition coefficient (Wildman–Crippen LogP) is 3.10. The second-order valence-electron chi connectivity index (χ2n) is 6.50. The first-order valence-corrected chi connectivity index (χ1v) is 10.6. The molecule has 1 amide bonds. The van der Waals surface area contributed by atoms with Crippen LogP contribution in [0.4, 0.5) is 5.69 Å². The van der Waals surface area contributed by atoms with Crippen LogP contribution in [0, 0.1) is 6.92 Å². The molecule has 162 valence electrons. The lowest BCUT2D eigenvalue weighted by atomic mass is 10.2. The summed E-state index contributed by atoms with van der Waals surface area (Å²) in [6.45, 7) is 1.94. The molecule has 0 aliphatic rings. The van der Waals surface area contributed by atoms with E-state index in [-0.39, 0.29) is 16.2 Å². The van der Waals surface area contributed by atoms with Gasteiger partial charge in [-0.15, -0.1) is 0 Å². The molecule has 9 nitrogen and oxygen atoms in total. The van der Waals surface area contributed by atoms with Crippen molar-refractivity contribution in [3.63, 3.8) is 0 Å². The van der Waals surface area contributed by atoms with Crippen molar-refractivity contribution in [1.29, 1.82) is 0 Å². The van der Waals surface area contributed by atoms with E-state index in [9.17, 15) is 13.2 Å². The van der Waals surface area contributed by atoms with Crippen molar-refractivity contribution in [2.75, 3.05) is 19.5 Å². The predicted molar refractivity (Wildman–Crippen MR) is 114 cm³/mol. The van der Waals surface area contributed by atoms with Gasteiger partial charge >= 0.3 is 0 Å². The van der Waals surface area contributed by atoms with Gasteiger partial charge in [0.1, 0.15) is 5.75 Å². The van der Waals surface area contributed by atoms with Crippen LogP contribution in [0.1, 0.15) is 15.9 Å². The van der Waals surface area contributed by atoms with Gasteiger partial charge < -0.3 is 19.5 Å². The highest BCUT2D eigenvalue weighted by Crippen LogP contribution is 2.31. The maximum absolute atomic E-state index is 12.7. The summed E-state index contributed by atoms with van der Waals surface area (Å²) in [4.78, 5) is 16.6. The number of aryl methyl sites for hydroxylation is 1. The third-order valence-corrected chi connectivity index (χ3v) is 5.18. The number of nitrogens with zero attached hydrogens (tertiary/aromatic N) is 1. The molecule has 10 heteroatoms. The Morgan fingerprint density at radius 2 is 1.68 bits per heavy atom.